The van der Waals surface area contributed by atoms with Gasteiger partial charge in [-0.1, -0.05) is 29.8 Å². The molecule has 1 N–H and O–H groups in total. The van der Waals surface area contributed by atoms with E-state index in [1.807, 2.05) is 62.3 Å². The summed E-state index contributed by atoms with van der Waals surface area (Å²) in [6.45, 7) is 1.89. The largest absolute Gasteiger partial charge is 0.507 e. The second-order valence-corrected chi connectivity index (χ2v) is 8.63. The number of fused-ring (bicyclic) bond motifs is 4. The van der Waals surface area contributed by atoms with E-state index in [2.05, 4.69) is 0 Å². The first-order valence-corrected chi connectivity index (χ1v) is 10.2. The van der Waals surface area contributed by atoms with Gasteiger partial charge < -0.3 is 19.6 Å². The van der Waals surface area contributed by atoms with E-state index < -0.39 is 5.72 Å². The van der Waals surface area contributed by atoms with E-state index in [1.54, 1.807) is 30.2 Å². The predicted molar refractivity (Wildman–Crippen MR) is 120 cm³/mol. The van der Waals surface area contributed by atoms with E-state index in [1.165, 1.54) is 0 Å². The number of carbonyl (C=O) groups is 1. The molecular weight excluding hydrogens is 400 g/mol. The number of hydrogen-bond acceptors (Lipinski definition) is 4. The number of allylic oxidation sites excluding steroid dienone is 1. The molecule has 1 saturated heterocycles. The van der Waals surface area contributed by atoms with Gasteiger partial charge in [0.2, 0.25) is 0 Å². The van der Waals surface area contributed by atoms with Crippen LogP contribution in [0.25, 0.3) is 6.08 Å². The van der Waals surface area contributed by atoms with Gasteiger partial charge in [0.1, 0.15) is 11.5 Å². The normalized spacial score (nSPS) is 24.5. The molecule has 2 aliphatic rings. The van der Waals surface area contributed by atoms with Crippen molar-refractivity contribution in [3.05, 3.63) is 76.0 Å². The minimum atomic E-state index is -0.766. The van der Waals surface area contributed by atoms with Crippen molar-refractivity contribution in [2.75, 3.05) is 26.0 Å². The van der Waals surface area contributed by atoms with E-state index in [0.29, 0.717) is 22.8 Å². The highest BCUT2D eigenvalue weighted by Gasteiger charge is 2.51. The number of carbonyl (C=O) groups excluding carboxylic acids is 1. The van der Waals surface area contributed by atoms with E-state index >= 15 is 0 Å². The average molecular weight is 425 g/mol. The Bertz CT molecular complexity index is 1060. The summed E-state index contributed by atoms with van der Waals surface area (Å²) < 4.78 is 6.14. The van der Waals surface area contributed by atoms with Crippen LogP contribution in [0.4, 0.5) is 5.69 Å². The SMILES string of the molecule is CN(C)c1ccc(C=C/C(O)=C2\C(=O)N(C)C3(C)CC2c2cc(Cl)ccc2O3)cc1. The highest BCUT2D eigenvalue weighted by atomic mass is 35.5. The lowest BCUT2D eigenvalue weighted by Crippen LogP contribution is -2.59. The summed E-state index contributed by atoms with van der Waals surface area (Å²) in [4.78, 5) is 16.8. The van der Waals surface area contributed by atoms with Gasteiger partial charge in [0, 0.05) is 49.8 Å². The Morgan fingerprint density at radius 2 is 1.97 bits per heavy atom. The number of likely N-dealkylation sites (N-methyl/N-ethyl adjacent to an activating group) is 1. The fraction of sp³-hybridized carbons (Fsp3) is 0.292. The number of piperidine rings is 1. The first-order chi connectivity index (χ1) is 14.2. The van der Waals surface area contributed by atoms with Crippen molar-refractivity contribution in [1.82, 2.24) is 4.90 Å². The number of amides is 1. The Kier molecular flexibility index (Phi) is 5.02. The third kappa shape index (κ3) is 3.43. The third-order valence-corrected chi connectivity index (χ3v) is 6.21. The summed E-state index contributed by atoms with van der Waals surface area (Å²) in [6.07, 6.45) is 3.95. The lowest BCUT2D eigenvalue weighted by molar-refractivity contribution is -0.153. The molecule has 0 saturated carbocycles. The lowest BCUT2D eigenvalue weighted by atomic mass is 9.77. The van der Waals surface area contributed by atoms with Crippen LogP contribution < -0.4 is 9.64 Å². The minimum absolute atomic E-state index is 0.0385. The van der Waals surface area contributed by atoms with Crippen LogP contribution in [0.1, 0.15) is 30.4 Å². The van der Waals surface area contributed by atoms with Crippen LogP contribution in [0.2, 0.25) is 5.02 Å². The first kappa shape index (κ1) is 20.4. The smallest absolute Gasteiger partial charge is 0.256 e. The molecule has 4 rings (SSSR count). The second-order valence-electron chi connectivity index (χ2n) is 8.20. The summed E-state index contributed by atoms with van der Waals surface area (Å²) >= 11 is 6.21. The molecule has 2 bridgehead atoms. The molecule has 2 unspecified atom stereocenters. The van der Waals surface area contributed by atoms with E-state index in [-0.39, 0.29) is 17.6 Å². The van der Waals surface area contributed by atoms with Gasteiger partial charge >= 0.3 is 0 Å². The maximum absolute atomic E-state index is 13.2. The van der Waals surface area contributed by atoms with Crippen LogP contribution in [0.3, 0.4) is 0 Å². The molecule has 0 spiro atoms. The maximum Gasteiger partial charge on any atom is 0.256 e. The number of likely N-dealkylation sites (tertiary alicyclic amines) is 1. The molecule has 1 fully saturated rings. The number of anilines is 1. The van der Waals surface area contributed by atoms with Gasteiger partial charge in [-0.05, 0) is 48.9 Å². The molecular formula is C24H25ClN2O3. The Hall–Kier alpha value is -2.92. The number of benzene rings is 2. The van der Waals surface area contributed by atoms with Crippen LogP contribution in [0.15, 0.2) is 59.9 Å². The highest BCUT2D eigenvalue weighted by Crippen LogP contribution is 2.50. The number of aliphatic hydroxyl groups is 1. The van der Waals surface area contributed by atoms with Crippen molar-refractivity contribution in [2.24, 2.45) is 0 Å². The number of nitrogens with zero attached hydrogens (tertiary/aromatic N) is 2. The molecule has 156 valence electrons. The number of ether oxygens (including phenoxy) is 1. The second kappa shape index (κ2) is 7.40. The van der Waals surface area contributed by atoms with Crippen LogP contribution in [-0.4, -0.2) is 42.8 Å². The van der Waals surface area contributed by atoms with E-state index in [9.17, 15) is 9.90 Å². The molecule has 0 radical (unpaired) electrons. The lowest BCUT2D eigenvalue weighted by Gasteiger charge is -2.50. The third-order valence-electron chi connectivity index (χ3n) is 5.97. The topological polar surface area (TPSA) is 53.0 Å². The first-order valence-electron chi connectivity index (χ1n) is 9.85. The van der Waals surface area contributed by atoms with Crippen LogP contribution in [0.5, 0.6) is 5.75 Å². The van der Waals surface area contributed by atoms with Crippen molar-refractivity contribution in [1.29, 1.82) is 0 Å². The Labute approximate surface area is 181 Å². The number of halogens is 1. The fourth-order valence-electron chi connectivity index (χ4n) is 4.10. The predicted octanol–water partition coefficient (Wildman–Crippen LogP) is 4.99. The summed E-state index contributed by atoms with van der Waals surface area (Å²) in [5, 5.41) is 11.5. The fourth-order valence-corrected chi connectivity index (χ4v) is 4.28. The van der Waals surface area contributed by atoms with Gasteiger partial charge in [0.05, 0.1) is 5.57 Å². The Morgan fingerprint density at radius 1 is 1.27 bits per heavy atom. The molecule has 2 aliphatic heterocycles. The molecule has 0 aromatic heterocycles. The Morgan fingerprint density at radius 3 is 2.63 bits per heavy atom. The van der Waals surface area contributed by atoms with Crippen molar-refractivity contribution >= 4 is 29.3 Å². The summed E-state index contributed by atoms with van der Waals surface area (Å²) in [5.74, 6) is 0.112. The van der Waals surface area contributed by atoms with Gasteiger partial charge in [-0.25, -0.2) is 0 Å². The maximum atomic E-state index is 13.2. The zero-order valence-electron chi connectivity index (χ0n) is 17.5. The number of aliphatic hydroxyl groups excluding tert-OH is 1. The number of rotatable bonds is 3. The van der Waals surface area contributed by atoms with Gasteiger partial charge in [0.15, 0.2) is 5.72 Å². The molecule has 2 heterocycles. The average Bonchev–Trinajstić information content (AvgIpc) is 2.71. The van der Waals surface area contributed by atoms with Crippen molar-refractivity contribution in [3.8, 4) is 5.75 Å². The van der Waals surface area contributed by atoms with Gasteiger partial charge in [-0.2, -0.15) is 0 Å². The molecule has 5 nitrogen and oxygen atoms in total. The molecule has 30 heavy (non-hydrogen) atoms. The molecule has 0 aliphatic carbocycles. The van der Waals surface area contributed by atoms with Crippen molar-refractivity contribution < 1.29 is 14.6 Å². The summed E-state index contributed by atoms with van der Waals surface area (Å²) in [5.41, 5.74) is 2.45. The van der Waals surface area contributed by atoms with E-state index in [0.717, 1.165) is 16.8 Å². The molecule has 2 atom stereocenters. The van der Waals surface area contributed by atoms with Gasteiger partial charge in [-0.3, -0.25) is 4.79 Å². The quantitative estimate of drug-likeness (QED) is 0.557. The van der Waals surface area contributed by atoms with Gasteiger partial charge in [0.25, 0.3) is 5.91 Å². The number of hydrogen-bond donors (Lipinski definition) is 1. The molecule has 6 heteroatoms. The van der Waals surface area contributed by atoms with Crippen LogP contribution in [0, 0.1) is 0 Å². The summed E-state index contributed by atoms with van der Waals surface area (Å²) in [6, 6.07) is 13.4. The van der Waals surface area contributed by atoms with Crippen molar-refractivity contribution in [2.45, 2.75) is 25.0 Å². The highest BCUT2D eigenvalue weighted by molar-refractivity contribution is 6.30. The van der Waals surface area contributed by atoms with Crippen LogP contribution in [-0.2, 0) is 4.79 Å². The van der Waals surface area contributed by atoms with Crippen molar-refractivity contribution in [3.63, 3.8) is 0 Å². The molecule has 2 aromatic carbocycles. The molecule has 2 aromatic rings. The summed E-state index contributed by atoms with van der Waals surface area (Å²) in [7, 11) is 5.67. The standard InChI is InChI=1S/C24H25ClN2O3/c1-24-14-19(18-13-16(25)8-12-21(18)30-24)22(23(29)27(24)4)20(28)11-7-15-5-9-17(10-6-15)26(2)3/h5-13,19,28H,14H2,1-4H3/b11-7?,22-20+. The zero-order valence-corrected chi connectivity index (χ0v) is 18.3. The van der Waals surface area contributed by atoms with E-state index in [4.69, 9.17) is 16.3 Å². The minimum Gasteiger partial charge on any atom is -0.507 e. The zero-order chi connectivity index (χ0) is 21.6. The Balaban J connectivity index is 1.74. The van der Waals surface area contributed by atoms with Gasteiger partial charge in [-0.15, -0.1) is 0 Å². The monoisotopic (exact) mass is 424 g/mol. The van der Waals surface area contributed by atoms with Crippen LogP contribution >= 0.6 is 11.6 Å². The molecule has 1 amide bonds.